The first-order valence-electron chi connectivity index (χ1n) is 4.63. The van der Waals surface area contributed by atoms with Gasteiger partial charge >= 0.3 is 12.1 Å². The van der Waals surface area contributed by atoms with E-state index in [1.807, 2.05) is 0 Å². The minimum Gasteiger partial charge on any atom is -0.465 e. The van der Waals surface area contributed by atoms with Crippen LogP contribution in [-0.2, 0) is 10.9 Å². The quantitative estimate of drug-likeness (QED) is 0.467. The number of rotatable bonds is 2. The van der Waals surface area contributed by atoms with E-state index in [1.54, 1.807) is 0 Å². The van der Waals surface area contributed by atoms with Gasteiger partial charge in [-0.2, -0.15) is 13.2 Å². The van der Waals surface area contributed by atoms with E-state index >= 15 is 0 Å². The third-order valence-electron chi connectivity index (χ3n) is 2.25. The molecule has 0 N–H and O–H groups in total. The van der Waals surface area contributed by atoms with Crippen LogP contribution in [0.25, 0.3) is 0 Å². The molecule has 0 saturated carbocycles. The van der Waals surface area contributed by atoms with Crippen LogP contribution in [0.4, 0.5) is 18.9 Å². The number of ether oxygens (including phenoxy) is 1. The number of nitro benzene ring substituents is 1. The van der Waals surface area contributed by atoms with E-state index in [-0.39, 0.29) is 5.56 Å². The average molecular weight is 263 g/mol. The van der Waals surface area contributed by atoms with Crippen LogP contribution in [0, 0.1) is 17.0 Å². The molecule has 0 aromatic heterocycles. The van der Waals surface area contributed by atoms with Crippen molar-refractivity contribution < 1.29 is 27.6 Å². The highest BCUT2D eigenvalue weighted by molar-refractivity contribution is 5.94. The summed E-state index contributed by atoms with van der Waals surface area (Å²) in [6.45, 7) is 1.11. The minimum atomic E-state index is -4.72. The van der Waals surface area contributed by atoms with Crippen LogP contribution in [0.3, 0.4) is 0 Å². The highest BCUT2D eigenvalue weighted by atomic mass is 19.4. The van der Waals surface area contributed by atoms with Gasteiger partial charge in [-0.1, -0.05) is 0 Å². The number of carbonyl (C=O) groups excluding carboxylic acids is 1. The van der Waals surface area contributed by atoms with Gasteiger partial charge in [-0.15, -0.1) is 0 Å². The molecule has 0 amide bonds. The zero-order valence-corrected chi connectivity index (χ0v) is 9.37. The fourth-order valence-corrected chi connectivity index (χ4v) is 1.43. The number of hydrogen-bond acceptors (Lipinski definition) is 4. The predicted octanol–water partition coefficient (Wildman–Crippen LogP) is 2.71. The molecule has 8 heteroatoms. The zero-order valence-electron chi connectivity index (χ0n) is 9.37. The van der Waals surface area contributed by atoms with Gasteiger partial charge in [0.15, 0.2) is 0 Å². The Bertz CT molecular complexity index is 511. The van der Waals surface area contributed by atoms with Gasteiger partial charge in [0.05, 0.1) is 17.6 Å². The predicted molar refractivity (Wildman–Crippen MR) is 54.2 cm³/mol. The van der Waals surface area contributed by atoms with Crippen molar-refractivity contribution in [2.45, 2.75) is 13.1 Å². The molecule has 0 aliphatic heterocycles. The van der Waals surface area contributed by atoms with Gasteiger partial charge in [0.2, 0.25) is 0 Å². The molecule has 0 radical (unpaired) electrons. The van der Waals surface area contributed by atoms with Crippen molar-refractivity contribution in [3.05, 3.63) is 38.9 Å². The summed E-state index contributed by atoms with van der Waals surface area (Å²) in [7, 11) is 0.985. The summed E-state index contributed by atoms with van der Waals surface area (Å²) in [6, 6.07) is 1.13. The van der Waals surface area contributed by atoms with E-state index in [0.717, 1.165) is 20.1 Å². The second-order valence-corrected chi connectivity index (χ2v) is 3.43. The van der Waals surface area contributed by atoms with E-state index in [2.05, 4.69) is 4.74 Å². The smallest absolute Gasteiger partial charge is 0.416 e. The minimum absolute atomic E-state index is 0.284. The fourth-order valence-electron chi connectivity index (χ4n) is 1.43. The number of nitrogens with zero attached hydrogens (tertiary/aromatic N) is 1. The third-order valence-corrected chi connectivity index (χ3v) is 2.25. The summed E-state index contributed by atoms with van der Waals surface area (Å²) in [5, 5.41) is 10.7. The molecular formula is C10H8F3NO4. The SMILES string of the molecule is COC(=O)c1cc(C)c(C(F)(F)F)cc1[N+](=O)[O-]. The van der Waals surface area contributed by atoms with Crippen LogP contribution >= 0.6 is 0 Å². The fraction of sp³-hybridized carbons (Fsp3) is 0.300. The van der Waals surface area contributed by atoms with Crippen molar-refractivity contribution in [1.82, 2.24) is 0 Å². The van der Waals surface area contributed by atoms with Crippen LogP contribution < -0.4 is 0 Å². The van der Waals surface area contributed by atoms with Gasteiger partial charge in [0.25, 0.3) is 5.69 Å². The van der Waals surface area contributed by atoms with E-state index in [0.29, 0.717) is 6.07 Å². The highest BCUT2D eigenvalue weighted by Gasteiger charge is 2.36. The molecule has 0 bridgehead atoms. The highest BCUT2D eigenvalue weighted by Crippen LogP contribution is 2.35. The number of nitro groups is 1. The molecule has 98 valence electrons. The molecule has 1 aromatic carbocycles. The molecule has 0 unspecified atom stereocenters. The van der Waals surface area contributed by atoms with Crippen molar-refractivity contribution in [1.29, 1.82) is 0 Å². The van der Waals surface area contributed by atoms with Gasteiger partial charge in [-0.25, -0.2) is 4.79 Å². The Labute approximate surface area is 99.3 Å². The summed E-state index contributed by atoms with van der Waals surface area (Å²) >= 11 is 0. The lowest BCUT2D eigenvalue weighted by molar-refractivity contribution is -0.385. The van der Waals surface area contributed by atoms with Crippen molar-refractivity contribution in [2.24, 2.45) is 0 Å². The molecule has 1 aromatic rings. The molecule has 0 saturated heterocycles. The molecule has 0 spiro atoms. The lowest BCUT2D eigenvalue weighted by Crippen LogP contribution is -2.12. The Balaban J connectivity index is 3.54. The monoisotopic (exact) mass is 263 g/mol. The van der Waals surface area contributed by atoms with E-state index in [9.17, 15) is 28.1 Å². The molecule has 0 aliphatic rings. The number of esters is 1. The normalized spacial score (nSPS) is 11.2. The Morgan fingerprint density at radius 1 is 1.39 bits per heavy atom. The first-order chi connectivity index (χ1) is 8.18. The Hall–Kier alpha value is -2.12. The summed E-state index contributed by atoms with van der Waals surface area (Å²) in [4.78, 5) is 20.9. The Kier molecular flexibility index (Phi) is 3.59. The van der Waals surface area contributed by atoms with Crippen molar-refractivity contribution in [2.75, 3.05) is 7.11 Å². The molecule has 1 rings (SSSR count). The van der Waals surface area contributed by atoms with Gasteiger partial charge in [0.1, 0.15) is 5.56 Å². The summed E-state index contributed by atoms with van der Waals surface area (Å²) in [6.07, 6.45) is -4.72. The largest absolute Gasteiger partial charge is 0.465 e. The molecule has 0 atom stereocenters. The first kappa shape index (κ1) is 13.9. The maximum atomic E-state index is 12.6. The number of methoxy groups -OCH3 is 1. The average Bonchev–Trinajstić information content (AvgIpc) is 2.25. The number of halogens is 3. The second kappa shape index (κ2) is 4.63. The first-order valence-corrected chi connectivity index (χ1v) is 4.63. The molecule has 0 aliphatic carbocycles. The number of carbonyl (C=O) groups is 1. The number of aryl methyl sites for hydroxylation is 1. The van der Waals surface area contributed by atoms with E-state index in [4.69, 9.17) is 0 Å². The van der Waals surface area contributed by atoms with Gasteiger partial charge in [-0.05, 0) is 18.6 Å². The van der Waals surface area contributed by atoms with Crippen LogP contribution in [0.15, 0.2) is 12.1 Å². The standard InChI is InChI=1S/C10H8F3NO4/c1-5-3-6(9(15)18-2)8(14(16)17)4-7(5)10(11,12)13/h3-4H,1-2H3. The Morgan fingerprint density at radius 3 is 2.33 bits per heavy atom. The Morgan fingerprint density at radius 2 is 1.94 bits per heavy atom. The van der Waals surface area contributed by atoms with E-state index < -0.39 is 33.9 Å². The lowest BCUT2D eigenvalue weighted by atomic mass is 10.0. The van der Waals surface area contributed by atoms with E-state index in [1.165, 1.54) is 0 Å². The van der Waals surface area contributed by atoms with Crippen molar-refractivity contribution in [3.63, 3.8) is 0 Å². The second-order valence-electron chi connectivity index (χ2n) is 3.43. The van der Waals surface area contributed by atoms with Crippen molar-refractivity contribution in [3.8, 4) is 0 Å². The van der Waals surface area contributed by atoms with Crippen LogP contribution in [0.2, 0.25) is 0 Å². The third kappa shape index (κ3) is 2.58. The molecule has 18 heavy (non-hydrogen) atoms. The number of alkyl halides is 3. The summed E-state index contributed by atoms with van der Waals surface area (Å²) in [5.41, 5.74) is -2.87. The van der Waals surface area contributed by atoms with Crippen LogP contribution in [0.5, 0.6) is 0 Å². The van der Waals surface area contributed by atoms with Gasteiger partial charge in [-0.3, -0.25) is 10.1 Å². The maximum Gasteiger partial charge on any atom is 0.416 e. The van der Waals surface area contributed by atoms with Gasteiger partial charge < -0.3 is 4.74 Å². The zero-order chi connectivity index (χ0) is 14.1. The molecule has 0 fully saturated rings. The topological polar surface area (TPSA) is 69.4 Å². The molecule has 0 heterocycles. The van der Waals surface area contributed by atoms with Gasteiger partial charge in [0, 0.05) is 6.07 Å². The molecular weight excluding hydrogens is 255 g/mol. The van der Waals surface area contributed by atoms with Crippen LogP contribution in [-0.4, -0.2) is 18.0 Å². The summed E-state index contributed by atoms with van der Waals surface area (Å²) in [5.74, 6) is -1.06. The number of hydrogen-bond donors (Lipinski definition) is 0. The maximum absolute atomic E-state index is 12.6. The number of benzene rings is 1. The summed E-state index contributed by atoms with van der Waals surface area (Å²) < 4.78 is 42.0. The van der Waals surface area contributed by atoms with Crippen LogP contribution in [0.1, 0.15) is 21.5 Å². The van der Waals surface area contributed by atoms with Crippen molar-refractivity contribution >= 4 is 11.7 Å². The molecule has 5 nitrogen and oxygen atoms in total. The lowest BCUT2D eigenvalue weighted by Gasteiger charge is -2.11.